The van der Waals surface area contributed by atoms with Gasteiger partial charge in [0, 0.05) is 6.20 Å². The van der Waals surface area contributed by atoms with Gasteiger partial charge in [-0.2, -0.15) is 0 Å². The molecule has 0 saturated heterocycles. The number of rotatable bonds is 4. The van der Waals surface area contributed by atoms with Crippen LogP contribution in [0.1, 0.15) is 0 Å². The number of hydrogen-bond donors (Lipinski definition) is 2. The van der Waals surface area contributed by atoms with Crippen molar-refractivity contribution in [3.05, 3.63) is 58.8 Å². The monoisotopic (exact) mass is 262 g/mol. The van der Waals surface area contributed by atoms with E-state index in [1.54, 1.807) is 12.1 Å². The largest absolute Gasteiger partial charge is 0.481 e. The van der Waals surface area contributed by atoms with Gasteiger partial charge in [0.15, 0.2) is 18.2 Å². The molecule has 0 aliphatic heterocycles. The van der Waals surface area contributed by atoms with Crippen LogP contribution in [0.2, 0.25) is 0 Å². The standard InChI is InChI=1S/C13H11FN2O3/c14-9-4-1-2-6-11(9)19-8-12(17)16-10-5-3-7-15-13(10)18/h1-7H,8H2,(H,15,18)(H,16,17). The number of para-hydroxylation sites is 1. The molecule has 1 amide bonds. The quantitative estimate of drug-likeness (QED) is 0.877. The highest BCUT2D eigenvalue weighted by atomic mass is 19.1. The Labute approximate surface area is 108 Å². The Morgan fingerprint density at radius 1 is 1.26 bits per heavy atom. The predicted molar refractivity (Wildman–Crippen MR) is 67.6 cm³/mol. The predicted octanol–water partition coefficient (Wildman–Crippen LogP) is 1.53. The number of benzene rings is 1. The van der Waals surface area contributed by atoms with E-state index in [9.17, 15) is 14.0 Å². The first-order valence-electron chi connectivity index (χ1n) is 5.51. The van der Waals surface area contributed by atoms with E-state index in [1.165, 1.54) is 30.5 Å². The summed E-state index contributed by atoms with van der Waals surface area (Å²) in [6.07, 6.45) is 1.45. The van der Waals surface area contributed by atoms with Crippen molar-refractivity contribution >= 4 is 11.6 Å². The fourth-order valence-corrected chi connectivity index (χ4v) is 1.41. The first-order valence-corrected chi connectivity index (χ1v) is 5.51. The molecule has 1 heterocycles. The third kappa shape index (κ3) is 3.41. The van der Waals surface area contributed by atoms with Gasteiger partial charge in [-0.15, -0.1) is 0 Å². The van der Waals surface area contributed by atoms with Crippen LogP contribution in [0.3, 0.4) is 0 Å². The summed E-state index contributed by atoms with van der Waals surface area (Å²) in [5.74, 6) is -1.10. The van der Waals surface area contributed by atoms with Crippen molar-refractivity contribution < 1.29 is 13.9 Å². The van der Waals surface area contributed by atoms with Crippen molar-refractivity contribution in [1.82, 2.24) is 4.98 Å². The summed E-state index contributed by atoms with van der Waals surface area (Å²) in [5.41, 5.74) is -0.300. The van der Waals surface area contributed by atoms with Gasteiger partial charge in [0.25, 0.3) is 11.5 Å². The molecule has 0 radical (unpaired) electrons. The Bertz CT molecular complexity index is 640. The summed E-state index contributed by atoms with van der Waals surface area (Å²) in [5, 5.41) is 2.37. The van der Waals surface area contributed by atoms with Crippen LogP contribution in [0.5, 0.6) is 5.75 Å². The molecule has 0 aliphatic carbocycles. The Kier molecular flexibility index (Phi) is 3.92. The number of amides is 1. The summed E-state index contributed by atoms with van der Waals surface area (Å²) in [7, 11) is 0. The van der Waals surface area contributed by atoms with Crippen LogP contribution in [0.15, 0.2) is 47.4 Å². The van der Waals surface area contributed by atoms with Crippen LogP contribution in [0.25, 0.3) is 0 Å². The molecule has 2 aromatic rings. The Balaban J connectivity index is 1.94. The molecule has 0 bridgehead atoms. The maximum Gasteiger partial charge on any atom is 0.271 e. The molecular weight excluding hydrogens is 251 g/mol. The van der Waals surface area contributed by atoms with Gasteiger partial charge in [-0.25, -0.2) is 4.39 Å². The fourth-order valence-electron chi connectivity index (χ4n) is 1.41. The summed E-state index contributed by atoms with van der Waals surface area (Å²) in [4.78, 5) is 25.3. The molecule has 0 unspecified atom stereocenters. The maximum atomic E-state index is 13.2. The Morgan fingerprint density at radius 3 is 2.79 bits per heavy atom. The van der Waals surface area contributed by atoms with Crippen molar-refractivity contribution in [2.75, 3.05) is 11.9 Å². The van der Waals surface area contributed by atoms with Crippen LogP contribution in [-0.4, -0.2) is 17.5 Å². The lowest BCUT2D eigenvalue weighted by Crippen LogP contribution is -2.24. The van der Waals surface area contributed by atoms with Gasteiger partial charge in [-0.3, -0.25) is 9.59 Å². The van der Waals surface area contributed by atoms with E-state index >= 15 is 0 Å². The first kappa shape index (κ1) is 12.8. The smallest absolute Gasteiger partial charge is 0.271 e. The molecule has 19 heavy (non-hydrogen) atoms. The van der Waals surface area contributed by atoms with Gasteiger partial charge >= 0.3 is 0 Å². The zero-order valence-electron chi connectivity index (χ0n) is 9.85. The zero-order valence-corrected chi connectivity index (χ0v) is 9.85. The molecule has 0 fully saturated rings. The average Bonchev–Trinajstić information content (AvgIpc) is 2.40. The van der Waals surface area contributed by atoms with Crippen LogP contribution in [0.4, 0.5) is 10.1 Å². The summed E-state index contributed by atoms with van der Waals surface area (Å²) in [6.45, 7) is -0.380. The lowest BCUT2D eigenvalue weighted by atomic mass is 10.3. The van der Waals surface area contributed by atoms with Crippen molar-refractivity contribution in [3.63, 3.8) is 0 Å². The minimum atomic E-state index is -0.548. The number of anilines is 1. The fraction of sp³-hybridized carbons (Fsp3) is 0.0769. The Hall–Kier alpha value is -2.63. The van der Waals surface area contributed by atoms with E-state index in [4.69, 9.17) is 4.74 Å². The molecule has 5 nitrogen and oxygen atoms in total. The molecule has 1 aromatic heterocycles. The average molecular weight is 262 g/mol. The molecule has 0 atom stereocenters. The second-order valence-corrected chi connectivity index (χ2v) is 3.68. The van der Waals surface area contributed by atoms with Crippen LogP contribution >= 0.6 is 0 Å². The number of halogens is 1. The van der Waals surface area contributed by atoms with Gasteiger partial charge in [0.1, 0.15) is 5.69 Å². The third-order valence-corrected chi connectivity index (χ3v) is 2.29. The highest BCUT2D eigenvalue weighted by Crippen LogP contribution is 2.15. The van der Waals surface area contributed by atoms with E-state index in [0.29, 0.717) is 0 Å². The van der Waals surface area contributed by atoms with E-state index in [0.717, 1.165) is 0 Å². The maximum absolute atomic E-state index is 13.2. The first-order chi connectivity index (χ1) is 9.16. The van der Waals surface area contributed by atoms with Crippen LogP contribution in [-0.2, 0) is 4.79 Å². The van der Waals surface area contributed by atoms with Gasteiger partial charge < -0.3 is 15.0 Å². The SMILES string of the molecule is O=C(COc1ccccc1F)Nc1ccc[nH]c1=O. The van der Waals surface area contributed by atoms with Crippen molar-refractivity contribution in [1.29, 1.82) is 0 Å². The van der Waals surface area contributed by atoms with Gasteiger partial charge in [0.2, 0.25) is 0 Å². The highest BCUT2D eigenvalue weighted by molar-refractivity contribution is 5.91. The number of ether oxygens (including phenoxy) is 1. The van der Waals surface area contributed by atoms with Gasteiger partial charge in [0.05, 0.1) is 0 Å². The number of aromatic nitrogens is 1. The minimum absolute atomic E-state index is 0.0142. The normalized spacial score (nSPS) is 9.95. The molecular formula is C13H11FN2O3. The van der Waals surface area contributed by atoms with Crippen LogP contribution < -0.4 is 15.6 Å². The van der Waals surface area contributed by atoms with Gasteiger partial charge in [-0.05, 0) is 24.3 Å². The second-order valence-electron chi connectivity index (χ2n) is 3.68. The number of hydrogen-bond acceptors (Lipinski definition) is 3. The number of nitrogens with one attached hydrogen (secondary N) is 2. The van der Waals surface area contributed by atoms with E-state index < -0.39 is 17.3 Å². The van der Waals surface area contributed by atoms with E-state index in [2.05, 4.69) is 10.3 Å². The number of aromatic amines is 1. The van der Waals surface area contributed by atoms with Crippen molar-refractivity contribution in [3.8, 4) is 5.75 Å². The lowest BCUT2D eigenvalue weighted by Gasteiger charge is -2.07. The molecule has 6 heteroatoms. The number of pyridine rings is 1. The third-order valence-electron chi connectivity index (χ3n) is 2.29. The van der Waals surface area contributed by atoms with Crippen molar-refractivity contribution in [2.45, 2.75) is 0 Å². The van der Waals surface area contributed by atoms with Crippen LogP contribution in [0, 0.1) is 5.82 Å². The molecule has 0 saturated carbocycles. The molecule has 0 aliphatic rings. The molecule has 1 aromatic carbocycles. The highest BCUT2D eigenvalue weighted by Gasteiger charge is 2.08. The molecule has 98 valence electrons. The second kappa shape index (κ2) is 5.81. The number of carbonyl (C=O) groups is 1. The number of H-pyrrole nitrogens is 1. The number of carbonyl (C=O) groups excluding carboxylic acids is 1. The lowest BCUT2D eigenvalue weighted by molar-refractivity contribution is -0.118. The molecule has 2 rings (SSSR count). The Morgan fingerprint density at radius 2 is 2.05 bits per heavy atom. The summed E-state index contributed by atoms with van der Waals surface area (Å²) >= 11 is 0. The van der Waals surface area contributed by atoms with E-state index in [-0.39, 0.29) is 18.0 Å². The van der Waals surface area contributed by atoms with E-state index in [1.807, 2.05) is 0 Å². The molecule has 2 N–H and O–H groups in total. The topological polar surface area (TPSA) is 71.2 Å². The van der Waals surface area contributed by atoms with Gasteiger partial charge in [-0.1, -0.05) is 12.1 Å². The zero-order chi connectivity index (χ0) is 13.7. The van der Waals surface area contributed by atoms with Crippen molar-refractivity contribution in [2.24, 2.45) is 0 Å². The summed E-state index contributed by atoms with van der Waals surface area (Å²) in [6, 6.07) is 8.80. The molecule has 0 spiro atoms. The summed E-state index contributed by atoms with van der Waals surface area (Å²) < 4.78 is 18.2. The minimum Gasteiger partial charge on any atom is -0.481 e.